The summed E-state index contributed by atoms with van der Waals surface area (Å²) in [4.78, 5) is 2.36. The number of likely N-dealkylation sites (N-methyl/N-ethyl adjacent to an activating group) is 1. The van der Waals surface area contributed by atoms with E-state index in [-0.39, 0.29) is 0 Å². The van der Waals surface area contributed by atoms with Gasteiger partial charge in [0.2, 0.25) is 0 Å². The molecule has 1 atom stereocenters. The zero-order chi connectivity index (χ0) is 10.1. The Labute approximate surface area is 85.9 Å². The van der Waals surface area contributed by atoms with Crippen LogP contribution in [0, 0.1) is 0 Å². The first-order valence-corrected chi connectivity index (χ1v) is 5.21. The Morgan fingerprint density at radius 1 is 1.50 bits per heavy atom. The quantitative estimate of drug-likeness (QED) is 0.765. The molecule has 1 aliphatic rings. The van der Waals surface area contributed by atoms with Gasteiger partial charge in [0.15, 0.2) is 0 Å². The van der Waals surface area contributed by atoms with Gasteiger partial charge in [-0.3, -0.25) is 0 Å². The fraction of sp³-hybridized carbons (Fsp3) is 0.500. The molecule has 0 radical (unpaired) electrons. The largest absolute Gasteiger partial charge is 0.371 e. The number of benzene rings is 1. The molecule has 1 unspecified atom stereocenters. The number of hydrogen-bond acceptors (Lipinski definition) is 2. The standard InChI is InChI=1S/C12H18N2/c1-9-6-11-7-10(8-13-2)4-5-12(11)14(9)3/h4-5,7,9,13H,6,8H2,1-3H3. The van der Waals surface area contributed by atoms with Crippen molar-refractivity contribution in [1.82, 2.24) is 5.32 Å². The minimum atomic E-state index is 0.648. The lowest BCUT2D eigenvalue weighted by molar-refractivity contribution is 0.731. The van der Waals surface area contributed by atoms with Gasteiger partial charge in [-0.1, -0.05) is 12.1 Å². The molecule has 1 aromatic rings. The number of nitrogens with one attached hydrogen (secondary N) is 1. The Bertz CT molecular complexity index is 333. The van der Waals surface area contributed by atoms with E-state index in [0.717, 1.165) is 6.54 Å². The smallest absolute Gasteiger partial charge is 0.0399 e. The minimum Gasteiger partial charge on any atom is -0.371 e. The molecule has 2 nitrogen and oxygen atoms in total. The predicted octanol–water partition coefficient (Wildman–Crippen LogP) is 1.79. The molecule has 2 rings (SSSR count). The van der Waals surface area contributed by atoms with Crippen molar-refractivity contribution in [2.24, 2.45) is 0 Å². The molecular weight excluding hydrogens is 172 g/mol. The summed E-state index contributed by atoms with van der Waals surface area (Å²) in [7, 11) is 4.16. The van der Waals surface area contributed by atoms with Crippen molar-refractivity contribution in [3.8, 4) is 0 Å². The van der Waals surface area contributed by atoms with Crippen LogP contribution >= 0.6 is 0 Å². The summed E-state index contributed by atoms with van der Waals surface area (Å²) in [6.45, 7) is 3.24. The molecule has 0 aliphatic carbocycles. The molecule has 1 aromatic carbocycles. The average molecular weight is 190 g/mol. The van der Waals surface area contributed by atoms with E-state index < -0.39 is 0 Å². The highest BCUT2D eigenvalue weighted by Crippen LogP contribution is 2.31. The molecule has 0 bridgehead atoms. The monoisotopic (exact) mass is 190 g/mol. The molecule has 14 heavy (non-hydrogen) atoms. The number of rotatable bonds is 2. The maximum atomic E-state index is 3.18. The van der Waals surface area contributed by atoms with Crippen LogP contribution in [0.25, 0.3) is 0 Å². The highest BCUT2D eigenvalue weighted by Gasteiger charge is 2.22. The van der Waals surface area contributed by atoms with Gasteiger partial charge in [-0.2, -0.15) is 0 Å². The molecule has 0 amide bonds. The molecule has 2 heteroatoms. The van der Waals surface area contributed by atoms with Crippen molar-refractivity contribution in [2.75, 3.05) is 19.0 Å². The molecule has 0 fully saturated rings. The van der Waals surface area contributed by atoms with Gasteiger partial charge in [0.1, 0.15) is 0 Å². The number of nitrogens with zero attached hydrogens (tertiary/aromatic N) is 1. The van der Waals surface area contributed by atoms with Crippen LogP contribution in [-0.4, -0.2) is 20.1 Å². The normalized spacial score (nSPS) is 19.9. The Hall–Kier alpha value is -1.02. The van der Waals surface area contributed by atoms with Gasteiger partial charge in [-0.15, -0.1) is 0 Å². The molecule has 1 heterocycles. The molecule has 1 aliphatic heterocycles. The van der Waals surface area contributed by atoms with E-state index in [9.17, 15) is 0 Å². The van der Waals surface area contributed by atoms with Gasteiger partial charge in [0, 0.05) is 25.3 Å². The van der Waals surface area contributed by atoms with Crippen molar-refractivity contribution >= 4 is 5.69 Å². The first-order chi connectivity index (χ1) is 6.72. The number of fused-ring (bicyclic) bond motifs is 1. The van der Waals surface area contributed by atoms with Crippen molar-refractivity contribution < 1.29 is 0 Å². The van der Waals surface area contributed by atoms with Gasteiger partial charge in [-0.05, 0) is 37.6 Å². The molecule has 76 valence electrons. The van der Waals surface area contributed by atoms with Crippen LogP contribution in [0.2, 0.25) is 0 Å². The maximum absolute atomic E-state index is 3.18. The van der Waals surface area contributed by atoms with Crippen LogP contribution < -0.4 is 10.2 Å². The third kappa shape index (κ3) is 1.50. The predicted molar refractivity (Wildman–Crippen MR) is 60.8 cm³/mol. The SMILES string of the molecule is CNCc1ccc2c(c1)CC(C)N2C. The summed E-state index contributed by atoms with van der Waals surface area (Å²) in [5.74, 6) is 0. The summed E-state index contributed by atoms with van der Waals surface area (Å²) in [6, 6.07) is 7.43. The first-order valence-electron chi connectivity index (χ1n) is 5.21. The van der Waals surface area contributed by atoms with E-state index in [1.165, 1.54) is 23.2 Å². The van der Waals surface area contributed by atoms with Gasteiger partial charge in [-0.25, -0.2) is 0 Å². The second kappa shape index (κ2) is 3.62. The van der Waals surface area contributed by atoms with E-state index >= 15 is 0 Å². The third-order valence-corrected chi connectivity index (χ3v) is 3.08. The molecule has 0 saturated carbocycles. The average Bonchev–Trinajstić information content (AvgIpc) is 2.43. The van der Waals surface area contributed by atoms with E-state index in [2.05, 4.69) is 42.4 Å². The third-order valence-electron chi connectivity index (χ3n) is 3.08. The number of anilines is 1. The first kappa shape index (κ1) is 9.53. The summed E-state index contributed by atoms with van der Waals surface area (Å²) >= 11 is 0. The Kier molecular flexibility index (Phi) is 2.46. The zero-order valence-corrected chi connectivity index (χ0v) is 9.17. The highest BCUT2D eigenvalue weighted by atomic mass is 15.1. The van der Waals surface area contributed by atoms with E-state index in [0.29, 0.717) is 6.04 Å². The second-order valence-electron chi connectivity index (χ2n) is 4.16. The van der Waals surface area contributed by atoms with Crippen LogP contribution in [-0.2, 0) is 13.0 Å². The zero-order valence-electron chi connectivity index (χ0n) is 9.17. The van der Waals surface area contributed by atoms with Crippen molar-refractivity contribution in [1.29, 1.82) is 0 Å². The Morgan fingerprint density at radius 2 is 2.29 bits per heavy atom. The van der Waals surface area contributed by atoms with Crippen LogP contribution in [0.15, 0.2) is 18.2 Å². The lowest BCUT2D eigenvalue weighted by atomic mass is 10.1. The Morgan fingerprint density at radius 3 is 3.00 bits per heavy atom. The minimum absolute atomic E-state index is 0.648. The second-order valence-corrected chi connectivity index (χ2v) is 4.16. The molecule has 0 saturated heterocycles. The van der Waals surface area contributed by atoms with Crippen molar-refractivity contribution in [3.63, 3.8) is 0 Å². The number of hydrogen-bond donors (Lipinski definition) is 1. The van der Waals surface area contributed by atoms with Crippen LogP contribution in [0.3, 0.4) is 0 Å². The molecular formula is C12H18N2. The molecule has 0 spiro atoms. The molecule has 0 aromatic heterocycles. The van der Waals surface area contributed by atoms with Gasteiger partial charge >= 0.3 is 0 Å². The van der Waals surface area contributed by atoms with Crippen LogP contribution in [0.1, 0.15) is 18.1 Å². The van der Waals surface area contributed by atoms with Gasteiger partial charge in [0.25, 0.3) is 0 Å². The summed E-state index contributed by atoms with van der Waals surface area (Å²) in [5.41, 5.74) is 4.28. The maximum Gasteiger partial charge on any atom is 0.0399 e. The van der Waals surface area contributed by atoms with E-state index in [4.69, 9.17) is 0 Å². The van der Waals surface area contributed by atoms with Crippen LogP contribution in [0.4, 0.5) is 5.69 Å². The van der Waals surface area contributed by atoms with Crippen LogP contribution in [0.5, 0.6) is 0 Å². The summed E-state index contributed by atoms with van der Waals surface area (Å²) < 4.78 is 0. The van der Waals surface area contributed by atoms with E-state index in [1.807, 2.05) is 7.05 Å². The van der Waals surface area contributed by atoms with Gasteiger partial charge in [0.05, 0.1) is 0 Å². The molecule has 1 N–H and O–H groups in total. The summed E-state index contributed by atoms with van der Waals surface area (Å²) in [6.07, 6.45) is 1.18. The van der Waals surface area contributed by atoms with Gasteiger partial charge < -0.3 is 10.2 Å². The van der Waals surface area contributed by atoms with Crippen molar-refractivity contribution in [3.05, 3.63) is 29.3 Å². The van der Waals surface area contributed by atoms with Crippen molar-refractivity contribution in [2.45, 2.75) is 25.9 Å². The summed E-state index contributed by atoms with van der Waals surface area (Å²) in [5, 5.41) is 3.18. The Balaban J connectivity index is 2.30. The highest BCUT2D eigenvalue weighted by molar-refractivity contribution is 5.59. The topological polar surface area (TPSA) is 15.3 Å². The lowest BCUT2D eigenvalue weighted by Gasteiger charge is -2.18. The lowest BCUT2D eigenvalue weighted by Crippen LogP contribution is -2.23. The fourth-order valence-electron chi connectivity index (χ4n) is 2.15. The van der Waals surface area contributed by atoms with E-state index in [1.54, 1.807) is 0 Å². The fourth-order valence-corrected chi connectivity index (χ4v) is 2.15.